The SMILES string of the molecule is CNC(=O)Nc1ccc(NC(=O)C2CCNC2C)cc1. The molecule has 1 fully saturated rings. The molecule has 1 aliphatic heterocycles. The Morgan fingerprint density at radius 3 is 2.25 bits per heavy atom. The first-order chi connectivity index (χ1) is 9.60. The van der Waals surface area contributed by atoms with Gasteiger partial charge in [-0.3, -0.25) is 4.79 Å². The first-order valence-corrected chi connectivity index (χ1v) is 6.73. The van der Waals surface area contributed by atoms with Gasteiger partial charge in [-0.1, -0.05) is 0 Å². The second kappa shape index (κ2) is 6.38. The van der Waals surface area contributed by atoms with E-state index in [1.807, 2.05) is 6.92 Å². The third-order valence-electron chi connectivity index (χ3n) is 3.50. The fourth-order valence-electron chi connectivity index (χ4n) is 2.28. The van der Waals surface area contributed by atoms with Gasteiger partial charge in [-0.2, -0.15) is 0 Å². The molecule has 0 radical (unpaired) electrons. The van der Waals surface area contributed by atoms with E-state index < -0.39 is 0 Å². The maximum absolute atomic E-state index is 12.1. The predicted octanol–water partition coefficient (Wildman–Crippen LogP) is 1.37. The summed E-state index contributed by atoms with van der Waals surface area (Å²) in [5.41, 5.74) is 1.41. The van der Waals surface area contributed by atoms with Gasteiger partial charge in [0.25, 0.3) is 0 Å². The second-order valence-electron chi connectivity index (χ2n) is 4.91. The first kappa shape index (κ1) is 14.3. The van der Waals surface area contributed by atoms with Gasteiger partial charge in [-0.05, 0) is 44.2 Å². The molecule has 1 heterocycles. The van der Waals surface area contributed by atoms with E-state index in [4.69, 9.17) is 0 Å². The number of rotatable bonds is 3. The van der Waals surface area contributed by atoms with Crippen LogP contribution >= 0.6 is 0 Å². The molecule has 20 heavy (non-hydrogen) atoms. The monoisotopic (exact) mass is 276 g/mol. The van der Waals surface area contributed by atoms with Gasteiger partial charge in [-0.15, -0.1) is 0 Å². The van der Waals surface area contributed by atoms with Crippen LogP contribution in [-0.2, 0) is 4.79 Å². The van der Waals surface area contributed by atoms with Crippen LogP contribution in [0, 0.1) is 5.92 Å². The highest BCUT2D eigenvalue weighted by atomic mass is 16.2. The molecule has 0 saturated carbocycles. The molecule has 1 aromatic carbocycles. The van der Waals surface area contributed by atoms with Gasteiger partial charge in [0.15, 0.2) is 0 Å². The van der Waals surface area contributed by atoms with Gasteiger partial charge >= 0.3 is 6.03 Å². The average molecular weight is 276 g/mol. The predicted molar refractivity (Wildman–Crippen MR) is 78.7 cm³/mol. The van der Waals surface area contributed by atoms with Crippen molar-refractivity contribution in [3.63, 3.8) is 0 Å². The van der Waals surface area contributed by atoms with Crippen molar-refractivity contribution >= 4 is 23.3 Å². The van der Waals surface area contributed by atoms with E-state index in [9.17, 15) is 9.59 Å². The van der Waals surface area contributed by atoms with Crippen LogP contribution in [0.3, 0.4) is 0 Å². The van der Waals surface area contributed by atoms with E-state index >= 15 is 0 Å². The van der Waals surface area contributed by atoms with Gasteiger partial charge in [0.05, 0.1) is 5.92 Å². The Morgan fingerprint density at radius 2 is 1.75 bits per heavy atom. The number of hydrogen-bond acceptors (Lipinski definition) is 3. The molecule has 1 aliphatic rings. The molecule has 3 amide bonds. The van der Waals surface area contributed by atoms with Crippen LogP contribution in [0.1, 0.15) is 13.3 Å². The minimum Gasteiger partial charge on any atom is -0.341 e. The Morgan fingerprint density at radius 1 is 1.15 bits per heavy atom. The standard InChI is InChI=1S/C14H20N4O2/c1-9-12(7-8-16-9)13(19)17-10-3-5-11(6-4-10)18-14(20)15-2/h3-6,9,12,16H,7-8H2,1-2H3,(H,17,19)(H2,15,18,20). The van der Waals surface area contributed by atoms with Crippen LogP contribution in [0.5, 0.6) is 0 Å². The number of carbonyl (C=O) groups is 2. The summed E-state index contributed by atoms with van der Waals surface area (Å²) < 4.78 is 0. The molecule has 0 spiro atoms. The first-order valence-electron chi connectivity index (χ1n) is 6.73. The molecule has 6 nitrogen and oxygen atoms in total. The molecule has 1 aromatic rings. The minimum atomic E-state index is -0.271. The highest BCUT2D eigenvalue weighted by molar-refractivity contribution is 5.94. The van der Waals surface area contributed by atoms with Crippen LogP contribution < -0.4 is 21.3 Å². The third kappa shape index (κ3) is 3.48. The molecule has 0 aromatic heterocycles. The largest absolute Gasteiger partial charge is 0.341 e. The highest BCUT2D eigenvalue weighted by Crippen LogP contribution is 2.19. The summed E-state index contributed by atoms with van der Waals surface area (Å²) in [6.45, 7) is 2.90. The number of urea groups is 1. The number of amides is 3. The van der Waals surface area contributed by atoms with Crippen LogP contribution in [0.2, 0.25) is 0 Å². The quantitative estimate of drug-likeness (QED) is 0.673. The number of carbonyl (C=O) groups excluding carboxylic acids is 2. The van der Waals surface area contributed by atoms with Crippen molar-refractivity contribution < 1.29 is 9.59 Å². The van der Waals surface area contributed by atoms with E-state index in [0.717, 1.165) is 18.7 Å². The van der Waals surface area contributed by atoms with Gasteiger partial charge in [-0.25, -0.2) is 4.79 Å². The summed E-state index contributed by atoms with van der Waals surface area (Å²) in [6.07, 6.45) is 0.864. The summed E-state index contributed by atoms with van der Waals surface area (Å²) in [5.74, 6) is 0.0492. The normalized spacial score (nSPS) is 21.3. The topological polar surface area (TPSA) is 82.3 Å². The maximum Gasteiger partial charge on any atom is 0.318 e. The summed E-state index contributed by atoms with van der Waals surface area (Å²) >= 11 is 0. The van der Waals surface area contributed by atoms with Crippen LogP contribution in [0.15, 0.2) is 24.3 Å². The average Bonchev–Trinajstić information content (AvgIpc) is 2.87. The number of nitrogens with one attached hydrogen (secondary N) is 4. The molecule has 0 aliphatic carbocycles. The molecule has 0 bridgehead atoms. The zero-order valence-corrected chi connectivity index (χ0v) is 11.7. The second-order valence-corrected chi connectivity index (χ2v) is 4.91. The molecule has 108 valence electrons. The van der Waals surface area contributed by atoms with E-state index in [2.05, 4.69) is 21.3 Å². The lowest BCUT2D eigenvalue weighted by molar-refractivity contribution is -0.120. The summed E-state index contributed by atoms with van der Waals surface area (Å²) in [6, 6.07) is 6.99. The Hall–Kier alpha value is -2.08. The van der Waals surface area contributed by atoms with Crippen molar-refractivity contribution in [2.24, 2.45) is 5.92 Å². The smallest absolute Gasteiger partial charge is 0.318 e. The molecular formula is C14H20N4O2. The van der Waals surface area contributed by atoms with Crippen molar-refractivity contribution in [2.75, 3.05) is 24.2 Å². The lowest BCUT2D eigenvalue weighted by Crippen LogP contribution is -2.32. The van der Waals surface area contributed by atoms with Gasteiger partial charge in [0, 0.05) is 24.5 Å². The lowest BCUT2D eigenvalue weighted by atomic mass is 10.0. The van der Waals surface area contributed by atoms with Crippen molar-refractivity contribution in [1.29, 1.82) is 0 Å². The van der Waals surface area contributed by atoms with Crippen molar-refractivity contribution in [1.82, 2.24) is 10.6 Å². The highest BCUT2D eigenvalue weighted by Gasteiger charge is 2.29. The summed E-state index contributed by atoms with van der Waals surface area (Å²) in [7, 11) is 1.56. The molecule has 2 unspecified atom stereocenters. The number of hydrogen-bond donors (Lipinski definition) is 4. The van der Waals surface area contributed by atoms with E-state index in [1.54, 1.807) is 31.3 Å². The maximum atomic E-state index is 12.1. The van der Waals surface area contributed by atoms with Gasteiger partial charge < -0.3 is 21.3 Å². The Balaban J connectivity index is 1.93. The molecule has 1 saturated heterocycles. The fraction of sp³-hybridized carbons (Fsp3) is 0.429. The molecule has 6 heteroatoms. The minimum absolute atomic E-state index is 0.0127. The summed E-state index contributed by atoms with van der Waals surface area (Å²) in [5, 5.41) is 11.3. The van der Waals surface area contributed by atoms with Crippen molar-refractivity contribution in [3.8, 4) is 0 Å². The fourth-order valence-corrected chi connectivity index (χ4v) is 2.28. The Labute approximate surface area is 118 Å². The van der Waals surface area contributed by atoms with Crippen LogP contribution in [0.4, 0.5) is 16.2 Å². The Bertz CT molecular complexity index is 486. The van der Waals surface area contributed by atoms with Crippen molar-refractivity contribution in [2.45, 2.75) is 19.4 Å². The lowest BCUT2D eigenvalue weighted by Gasteiger charge is -2.15. The Kier molecular flexibility index (Phi) is 4.57. The number of benzene rings is 1. The molecular weight excluding hydrogens is 256 g/mol. The zero-order chi connectivity index (χ0) is 14.5. The van der Waals surface area contributed by atoms with E-state index in [0.29, 0.717) is 5.69 Å². The van der Waals surface area contributed by atoms with Crippen LogP contribution in [-0.4, -0.2) is 31.6 Å². The summed E-state index contributed by atoms with van der Waals surface area (Å²) in [4.78, 5) is 23.3. The van der Waals surface area contributed by atoms with Crippen molar-refractivity contribution in [3.05, 3.63) is 24.3 Å². The number of anilines is 2. The zero-order valence-electron chi connectivity index (χ0n) is 11.7. The molecule has 2 rings (SSSR count). The third-order valence-corrected chi connectivity index (χ3v) is 3.50. The molecule has 2 atom stereocenters. The molecule has 4 N–H and O–H groups in total. The van der Waals surface area contributed by atoms with E-state index in [-0.39, 0.29) is 23.9 Å². The van der Waals surface area contributed by atoms with Crippen LogP contribution in [0.25, 0.3) is 0 Å². The van der Waals surface area contributed by atoms with E-state index in [1.165, 1.54) is 0 Å². The van der Waals surface area contributed by atoms with Gasteiger partial charge in [0.1, 0.15) is 0 Å². The van der Waals surface area contributed by atoms with Gasteiger partial charge in [0.2, 0.25) is 5.91 Å².